The van der Waals surface area contributed by atoms with Gasteiger partial charge in [0.25, 0.3) is 0 Å². The average molecular weight is 222 g/mol. The summed E-state index contributed by atoms with van der Waals surface area (Å²) in [6.07, 6.45) is 0.284. The van der Waals surface area contributed by atoms with E-state index in [9.17, 15) is 9.18 Å². The predicted octanol–water partition coefficient (Wildman–Crippen LogP) is 1.76. The topological polar surface area (TPSA) is 46.3 Å². The maximum absolute atomic E-state index is 12.9. The third-order valence-corrected chi connectivity index (χ3v) is 3.14. The van der Waals surface area contributed by atoms with Crippen molar-refractivity contribution in [3.05, 3.63) is 29.8 Å². The number of nitrogens with zero attached hydrogens (tertiary/aromatic N) is 1. The van der Waals surface area contributed by atoms with E-state index in [1.807, 2.05) is 18.2 Å². The molecule has 0 saturated carbocycles. The van der Waals surface area contributed by atoms with Gasteiger partial charge in [0.15, 0.2) is 0 Å². The molecule has 1 amide bonds. The number of amides is 1. The van der Waals surface area contributed by atoms with E-state index < -0.39 is 6.67 Å². The summed E-state index contributed by atoms with van der Waals surface area (Å²) in [4.78, 5) is 13.2. The summed E-state index contributed by atoms with van der Waals surface area (Å²) in [7, 11) is 1.71. The van der Waals surface area contributed by atoms with E-state index in [-0.39, 0.29) is 24.3 Å². The number of nitrogens with two attached hydrogens (primary N) is 1. The molecule has 0 aromatic heterocycles. The second-order valence-electron chi connectivity index (χ2n) is 4.24. The van der Waals surface area contributed by atoms with Crippen molar-refractivity contribution in [1.29, 1.82) is 0 Å². The van der Waals surface area contributed by atoms with Crippen LogP contribution in [0, 0.1) is 5.92 Å². The smallest absolute Gasteiger partial charge is 0.223 e. The number of alkyl halides is 1. The fourth-order valence-electron chi connectivity index (χ4n) is 2.33. The first-order chi connectivity index (χ1) is 7.63. The van der Waals surface area contributed by atoms with Gasteiger partial charge in [0, 0.05) is 25.1 Å². The lowest BCUT2D eigenvalue weighted by Gasteiger charge is -2.24. The van der Waals surface area contributed by atoms with Crippen LogP contribution in [0.1, 0.15) is 18.0 Å². The Morgan fingerprint density at radius 3 is 2.94 bits per heavy atom. The molecule has 3 nitrogen and oxygen atoms in total. The Labute approximate surface area is 94.0 Å². The molecule has 0 bridgehead atoms. The van der Waals surface area contributed by atoms with Gasteiger partial charge in [0.05, 0.1) is 12.7 Å². The molecule has 1 aliphatic rings. The van der Waals surface area contributed by atoms with E-state index in [4.69, 9.17) is 5.73 Å². The molecule has 1 fully saturated rings. The maximum Gasteiger partial charge on any atom is 0.223 e. The summed E-state index contributed by atoms with van der Waals surface area (Å²) in [6, 6.07) is 7.13. The lowest BCUT2D eigenvalue weighted by atomic mass is 9.94. The maximum atomic E-state index is 12.9. The minimum Gasteiger partial charge on any atom is -0.399 e. The standard InChI is InChI=1S/C12H15FN2O/c1-15-11(16)6-9(7-13)12(15)8-3-2-4-10(14)5-8/h2-5,9,12H,6-7,14H2,1H3. The van der Waals surface area contributed by atoms with Gasteiger partial charge >= 0.3 is 0 Å². The molecule has 1 aromatic carbocycles. The van der Waals surface area contributed by atoms with Crippen LogP contribution in [0.5, 0.6) is 0 Å². The zero-order valence-corrected chi connectivity index (χ0v) is 9.19. The van der Waals surface area contributed by atoms with E-state index in [1.54, 1.807) is 18.0 Å². The summed E-state index contributed by atoms with van der Waals surface area (Å²) < 4.78 is 12.9. The summed E-state index contributed by atoms with van der Waals surface area (Å²) in [5.74, 6) is -0.255. The van der Waals surface area contributed by atoms with Crippen LogP contribution in [-0.2, 0) is 4.79 Å². The summed E-state index contributed by atoms with van der Waals surface area (Å²) in [6.45, 7) is -0.477. The molecule has 0 spiro atoms. The molecule has 2 N–H and O–H groups in total. The highest BCUT2D eigenvalue weighted by molar-refractivity contribution is 5.79. The van der Waals surface area contributed by atoms with Crippen molar-refractivity contribution in [2.24, 2.45) is 5.92 Å². The number of nitrogen functional groups attached to an aromatic ring is 1. The van der Waals surface area contributed by atoms with Gasteiger partial charge in [-0.15, -0.1) is 0 Å². The molecule has 86 valence electrons. The first-order valence-electron chi connectivity index (χ1n) is 5.30. The third-order valence-electron chi connectivity index (χ3n) is 3.14. The Morgan fingerprint density at radius 1 is 1.56 bits per heavy atom. The van der Waals surface area contributed by atoms with Crippen molar-refractivity contribution < 1.29 is 9.18 Å². The first kappa shape index (κ1) is 10.9. The molecule has 0 radical (unpaired) electrons. The van der Waals surface area contributed by atoms with Crippen molar-refractivity contribution in [3.63, 3.8) is 0 Å². The Bertz CT molecular complexity index is 408. The minimum atomic E-state index is -0.477. The zero-order valence-electron chi connectivity index (χ0n) is 9.19. The number of halogens is 1. The third kappa shape index (κ3) is 1.75. The second-order valence-corrected chi connectivity index (χ2v) is 4.24. The molecule has 4 heteroatoms. The van der Waals surface area contributed by atoms with Gasteiger partial charge in [-0.05, 0) is 17.7 Å². The molecule has 0 aliphatic carbocycles. The average Bonchev–Trinajstić information content (AvgIpc) is 2.55. The Morgan fingerprint density at radius 2 is 2.31 bits per heavy atom. The largest absolute Gasteiger partial charge is 0.399 e. The molecule has 2 rings (SSSR count). The first-order valence-corrected chi connectivity index (χ1v) is 5.30. The van der Waals surface area contributed by atoms with Gasteiger partial charge < -0.3 is 10.6 Å². The lowest BCUT2D eigenvalue weighted by molar-refractivity contribution is -0.127. The van der Waals surface area contributed by atoms with E-state index >= 15 is 0 Å². The number of carbonyl (C=O) groups is 1. The van der Waals surface area contributed by atoms with Crippen LogP contribution < -0.4 is 5.73 Å². The van der Waals surface area contributed by atoms with Gasteiger partial charge in [-0.3, -0.25) is 9.18 Å². The molecular formula is C12H15FN2O. The number of rotatable bonds is 2. The molecule has 1 saturated heterocycles. The van der Waals surface area contributed by atoms with E-state index in [2.05, 4.69) is 0 Å². The van der Waals surface area contributed by atoms with Gasteiger partial charge in [0.1, 0.15) is 0 Å². The highest BCUT2D eigenvalue weighted by atomic mass is 19.1. The fourth-order valence-corrected chi connectivity index (χ4v) is 2.33. The number of benzene rings is 1. The molecule has 2 atom stereocenters. The molecule has 1 aliphatic heterocycles. The Balaban J connectivity index is 2.34. The van der Waals surface area contributed by atoms with Crippen molar-refractivity contribution >= 4 is 11.6 Å². The molecule has 1 aromatic rings. The SMILES string of the molecule is CN1C(=O)CC(CF)C1c1cccc(N)c1. The van der Waals surface area contributed by atoms with Crippen LogP contribution in [0.15, 0.2) is 24.3 Å². The Kier molecular flexibility index (Phi) is 2.81. The highest BCUT2D eigenvalue weighted by Gasteiger charge is 2.38. The van der Waals surface area contributed by atoms with Gasteiger partial charge in [-0.25, -0.2) is 0 Å². The van der Waals surface area contributed by atoms with Crippen molar-refractivity contribution in [1.82, 2.24) is 4.90 Å². The number of hydrogen-bond donors (Lipinski definition) is 1. The van der Waals surface area contributed by atoms with Crippen LogP contribution in [0.25, 0.3) is 0 Å². The molecule has 1 heterocycles. The highest BCUT2D eigenvalue weighted by Crippen LogP contribution is 2.37. The number of carbonyl (C=O) groups excluding carboxylic acids is 1. The van der Waals surface area contributed by atoms with Crippen molar-refractivity contribution in [2.75, 3.05) is 19.5 Å². The van der Waals surface area contributed by atoms with E-state index in [0.29, 0.717) is 5.69 Å². The van der Waals surface area contributed by atoms with Crippen molar-refractivity contribution in [2.45, 2.75) is 12.5 Å². The molecule has 16 heavy (non-hydrogen) atoms. The monoisotopic (exact) mass is 222 g/mol. The van der Waals surface area contributed by atoms with Crippen molar-refractivity contribution in [3.8, 4) is 0 Å². The van der Waals surface area contributed by atoms with Gasteiger partial charge in [-0.1, -0.05) is 12.1 Å². The van der Waals surface area contributed by atoms with Crippen LogP contribution in [-0.4, -0.2) is 24.5 Å². The van der Waals surface area contributed by atoms with E-state index in [1.165, 1.54) is 0 Å². The summed E-state index contributed by atoms with van der Waals surface area (Å²) in [5.41, 5.74) is 7.25. The van der Waals surface area contributed by atoms with Gasteiger partial charge in [0.2, 0.25) is 5.91 Å². The van der Waals surface area contributed by atoms with Crippen LogP contribution in [0.4, 0.5) is 10.1 Å². The quantitative estimate of drug-likeness (QED) is 0.775. The minimum absolute atomic E-state index is 0.00456. The van der Waals surface area contributed by atoms with E-state index in [0.717, 1.165) is 5.56 Å². The second kappa shape index (κ2) is 4.12. The predicted molar refractivity (Wildman–Crippen MR) is 60.4 cm³/mol. The number of hydrogen-bond acceptors (Lipinski definition) is 2. The van der Waals surface area contributed by atoms with Gasteiger partial charge in [-0.2, -0.15) is 0 Å². The number of likely N-dealkylation sites (tertiary alicyclic amines) is 1. The summed E-state index contributed by atoms with van der Waals surface area (Å²) in [5, 5.41) is 0. The molecular weight excluding hydrogens is 207 g/mol. The van der Waals surface area contributed by atoms with Crippen LogP contribution in [0.2, 0.25) is 0 Å². The summed E-state index contributed by atoms with van der Waals surface area (Å²) >= 11 is 0. The Hall–Kier alpha value is -1.58. The normalized spacial score (nSPS) is 25.1. The molecule has 2 unspecified atom stereocenters. The number of anilines is 1. The fraction of sp³-hybridized carbons (Fsp3) is 0.417. The lowest BCUT2D eigenvalue weighted by Crippen LogP contribution is -2.24. The van der Waals surface area contributed by atoms with Crippen LogP contribution in [0.3, 0.4) is 0 Å². The van der Waals surface area contributed by atoms with Crippen LogP contribution >= 0.6 is 0 Å². The zero-order chi connectivity index (χ0) is 11.7.